The third-order valence-corrected chi connectivity index (χ3v) is 1.60. The van der Waals surface area contributed by atoms with E-state index in [1.807, 2.05) is 19.9 Å². The number of carbonyl (C=O) groups is 1. The van der Waals surface area contributed by atoms with E-state index in [2.05, 4.69) is 5.32 Å². The summed E-state index contributed by atoms with van der Waals surface area (Å²) in [6, 6.07) is 0. The minimum absolute atomic E-state index is 0.00148. The molecule has 0 rings (SSSR count). The Bertz CT molecular complexity index is 181. The number of amides is 1. The first kappa shape index (κ1) is 12.2. The molecule has 1 atom stereocenters. The number of aliphatic hydroxyl groups is 1. The predicted octanol–water partition coefficient (Wildman–Crippen LogP) is 1.23. The van der Waals surface area contributed by atoms with Gasteiger partial charge in [0.15, 0.2) is 0 Å². The summed E-state index contributed by atoms with van der Waals surface area (Å²) >= 11 is 0. The van der Waals surface area contributed by atoms with Crippen LogP contribution >= 0.6 is 0 Å². The lowest BCUT2D eigenvalue weighted by Crippen LogP contribution is -2.24. The van der Waals surface area contributed by atoms with Crippen LogP contribution in [-0.4, -0.2) is 23.7 Å². The Morgan fingerprint density at radius 1 is 1.54 bits per heavy atom. The van der Waals surface area contributed by atoms with E-state index in [0.29, 0.717) is 19.4 Å². The van der Waals surface area contributed by atoms with Crippen molar-refractivity contribution < 1.29 is 9.90 Å². The van der Waals surface area contributed by atoms with Gasteiger partial charge in [0, 0.05) is 13.0 Å². The van der Waals surface area contributed by atoms with Crippen LogP contribution in [0.4, 0.5) is 0 Å². The van der Waals surface area contributed by atoms with Crippen LogP contribution in [0.15, 0.2) is 11.6 Å². The molecule has 0 aliphatic heterocycles. The molecule has 0 bridgehead atoms. The summed E-state index contributed by atoms with van der Waals surface area (Å²) in [5.74, 6) is -0.00148. The maximum absolute atomic E-state index is 11.1. The summed E-state index contributed by atoms with van der Waals surface area (Å²) in [6.45, 7) is 6.24. The van der Waals surface area contributed by atoms with Gasteiger partial charge in [0.2, 0.25) is 5.91 Å². The molecule has 0 radical (unpaired) electrons. The van der Waals surface area contributed by atoms with Gasteiger partial charge in [-0.3, -0.25) is 4.79 Å². The average Bonchev–Trinajstić information content (AvgIpc) is 2.00. The number of aliphatic hydroxyl groups excluding tert-OH is 1. The van der Waals surface area contributed by atoms with Crippen LogP contribution in [0.2, 0.25) is 0 Å². The second-order valence-electron chi connectivity index (χ2n) is 3.47. The van der Waals surface area contributed by atoms with E-state index in [4.69, 9.17) is 5.11 Å². The van der Waals surface area contributed by atoms with Crippen molar-refractivity contribution in [1.82, 2.24) is 5.32 Å². The van der Waals surface area contributed by atoms with Crippen molar-refractivity contribution in [3.63, 3.8) is 0 Å². The fraction of sp³-hybridized carbons (Fsp3) is 0.700. The summed E-state index contributed by atoms with van der Waals surface area (Å²) in [5, 5.41) is 11.7. The van der Waals surface area contributed by atoms with Crippen molar-refractivity contribution in [2.45, 2.75) is 39.7 Å². The van der Waals surface area contributed by atoms with Gasteiger partial charge >= 0.3 is 0 Å². The van der Waals surface area contributed by atoms with Crippen LogP contribution in [0.25, 0.3) is 0 Å². The lowest BCUT2D eigenvalue weighted by Gasteiger charge is -2.04. The van der Waals surface area contributed by atoms with Crippen LogP contribution < -0.4 is 5.32 Å². The Kier molecular flexibility index (Phi) is 6.24. The largest absolute Gasteiger partial charge is 0.393 e. The fourth-order valence-corrected chi connectivity index (χ4v) is 0.797. The third kappa shape index (κ3) is 9.08. The first-order chi connectivity index (χ1) is 6.02. The average molecular weight is 185 g/mol. The Morgan fingerprint density at radius 2 is 2.15 bits per heavy atom. The van der Waals surface area contributed by atoms with Crippen LogP contribution in [-0.2, 0) is 4.79 Å². The smallest absolute Gasteiger partial charge is 0.220 e. The number of carbonyl (C=O) groups excluding carboxylic acids is 1. The molecule has 0 aromatic rings. The van der Waals surface area contributed by atoms with Crippen molar-refractivity contribution in [3.05, 3.63) is 11.6 Å². The molecule has 76 valence electrons. The zero-order valence-corrected chi connectivity index (χ0v) is 8.63. The predicted molar refractivity (Wildman–Crippen MR) is 53.4 cm³/mol. The highest BCUT2D eigenvalue weighted by atomic mass is 16.3. The molecule has 1 unspecified atom stereocenters. The van der Waals surface area contributed by atoms with Crippen LogP contribution in [0.5, 0.6) is 0 Å². The quantitative estimate of drug-likeness (QED) is 0.633. The van der Waals surface area contributed by atoms with Crippen molar-refractivity contribution in [2.75, 3.05) is 6.54 Å². The van der Waals surface area contributed by atoms with E-state index in [9.17, 15) is 4.79 Å². The molecule has 0 spiro atoms. The molecule has 0 aliphatic rings. The number of rotatable bonds is 5. The summed E-state index contributed by atoms with van der Waals surface area (Å²) in [6.07, 6.45) is 2.49. The number of hydrogen-bond acceptors (Lipinski definition) is 2. The lowest BCUT2D eigenvalue weighted by atomic mass is 10.2. The van der Waals surface area contributed by atoms with Crippen molar-refractivity contribution in [1.29, 1.82) is 0 Å². The van der Waals surface area contributed by atoms with E-state index >= 15 is 0 Å². The van der Waals surface area contributed by atoms with Crippen molar-refractivity contribution in [2.24, 2.45) is 0 Å². The van der Waals surface area contributed by atoms with E-state index in [-0.39, 0.29) is 5.91 Å². The Labute approximate surface area is 79.8 Å². The minimum Gasteiger partial charge on any atom is -0.393 e. The van der Waals surface area contributed by atoms with Crippen molar-refractivity contribution >= 4 is 5.91 Å². The van der Waals surface area contributed by atoms with Crippen LogP contribution in [0.3, 0.4) is 0 Å². The van der Waals surface area contributed by atoms with Gasteiger partial charge in [-0.1, -0.05) is 11.6 Å². The molecular formula is C10H19NO2. The highest BCUT2D eigenvalue weighted by Crippen LogP contribution is 1.95. The van der Waals surface area contributed by atoms with Crippen LogP contribution in [0.1, 0.15) is 33.6 Å². The highest BCUT2D eigenvalue weighted by Gasteiger charge is 2.01. The summed E-state index contributed by atoms with van der Waals surface area (Å²) < 4.78 is 0. The number of hydrogen-bond donors (Lipinski definition) is 2. The molecule has 1 amide bonds. The van der Waals surface area contributed by atoms with E-state index < -0.39 is 6.10 Å². The van der Waals surface area contributed by atoms with Gasteiger partial charge in [-0.15, -0.1) is 0 Å². The summed E-state index contributed by atoms with van der Waals surface area (Å²) in [5.41, 5.74) is 1.19. The molecule has 2 N–H and O–H groups in total. The monoisotopic (exact) mass is 185 g/mol. The maximum atomic E-state index is 11.1. The molecule has 0 aromatic heterocycles. The zero-order valence-electron chi connectivity index (χ0n) is 8.63. The molecule has 0 aromatic carbocycles. The SMILES string of the molecule is CC(C)=CCNC(=O)CCC(C)O. The molecule has 0 saturated heterocycles. The normalized spacial score (nSPS) is 12.0. The van der Waals surface area contributed by atoms with E-state index in [0.717, 1.165) is 0 Å². The molecule has 0 saturated carbocycles. The van der Waals surface area contributed by atoms with E-state index in [1.54, 1.807) is 6.92 Å². The molecular weight excluding hydrogens is 166 g/mol. The molecule has 0 fully saturated rings. The second kappa shape index (κ2) is 6.66. The van der Waals surface area contributed by atoms with Crippen LogP contribution in [0, 0.1) is 0 Å². The molecule has 0 heterocycles. The Balaban J connectivity index is 3.47. The first-order valence-corrected chi connectivity index (χ1v) is 4.60. The van der Waals surface area contributed by atoms with Gasteiger partial charge in [-0.2, -0.15) is 0 Å². The van der Waals surface area contributed by atoms with Gasteiger partial charge in [0.25, 0.3) is 0 Å². The van der Waals surface area contributed by atoms with Gasteiger partial charge in [-0.05, 0) is 27.2 Å². The van der Waals surface area contributed by atoms with Gasteiger partial charge in [0.1, 0.15) is 0 Å². The number of nitrogens with one attached hydrogen (secondary N) is 1. The Hall–Kier alpha value is -0.830. The molecule has 3 heteroatoms. The molecule has 3 nitrogen and oxygen atoms in total. The Morgan fingerprint density at radius 3 is 2.62 bits per heavy atom. The van der Waals surface area contributed by atoms with Gasteiger partial charge < -0.3 is 10.4 Å². The standard InChI is InChI=1S/C10H19NO2/c1-8(2)6-7-11-10(13)5-4-9(3)12/h6,9,12H,4-5,7H2,1-3H3,(H,11,13). The zero-order chi connectivity index (χ0) is 10.3. The maximum Gasteiger partial charge on any atom is 0.220 e. The summed E-state index contributed by atoms with van der Waals surface area (Å²) in [7, 11) is 0. The van der Waals surface area contributed by atoms with Gasteiger partial charge in [-0.25, -0.2) is 0 Å². The first-order valence-electron chi connectivity index (χ1n) is 4.60. The topological polar surface area (TPSA) is 49.3 Å². The second-order valence-corrected chi connectivity index (χ2v) is 3.47. The molecule has 13 heavy (non-hydrogen) atoms. The summed E-state index contributed by atoms with van der Waals surface area (Å²) in [4.78, 5) is 11.1. The van der Waals surface area contributed by atoms with E-state index in [1.165, 1.54) is 5.57 Å². The highest BCUT2D eigenvalue weighted by molar-refractivity contribution is 5.75. The molecule has 0 aliphatic carbocycles. The fourth-order valence-electron chi connectivity index (χ4n) is 0.797. The minimum atomic E-state index is -0.394. The third-order valence-electron chi connectivity index (χ3n) is 1.60. The lowest BCUT2D eigenvalue weighted by molar-refractivity contribution is -0.121. The van der Waals surface area contributed by atoms with Gasteiger partial charge in [0.05, 0.1) is 6.10 Å². The number of allylic oxidation sites excluding steroid dienone is 1. The van der Waals surface area contributed by atoms with Crippen molar-refractivity contribution in [3.8, 4) is 0 Å².